The molecule has 0 radical (unpaired) electrons. The van der Waals surface area contributed by atoms with Crippen molar-refractivity contribution >= 4 is 56.3 Å². The number of ketones is 1. The number of halogens is 9. The van der Waals surface area contributed by atoms with E-state index in [9.17, 15) is 35.2 Å². The molecule has 38 heavy (non-hydrogen) atoms. The van der Waals surface area contributed by atoms with Crippen molar-refractivity contribution in [3.8, 4) is 0 Å². The van der Waals surface area contributed by atoms with Crippen LogP contribution >= 0.6 is 34.8 Å². The summed E-state index contributed by atoms with van der Waals surface area (Å²) in [4.78, 5) is 12.7. The zero-order valence-corrected chi connectivity index (χ0v) is 23.4. The number of rotatable bonds is 10. The lowest BCUT2D eigenvalue weighted by Gasteiger charge is -2.22. The maximum absolute atomic E-state index is 15.1. The van der Waals surface area contributed by atoms with E-state index in [0.29, 0.717) is 13.0 Å². The van der Waals surface area contributed by atoms with Gasteiger partial charge in [-0.1, -0.05) is 53.9 Å². The van der Waals surface area contributed by atoms with Crippen molar-refractivity contribution in [1.82, 2.24) is 0 Å². The Labute approximate surface area is 231 Å². The number of aryl methyl sites for hydroxylation is 1. The molecule has 0 amide bonds. The minimum absolute atomic E-state index is 0.0390. The Bertz CT molecular complexity index is 1310. The summed E-state index contributed by atoms with van der Waals surface area (Å²) in [6.07, 6.45) is -4.56. The molecule has 2 aromatic carbocycles. The van der Waals surface area contributed by atoms with Crippen LogP contribution in [0.15, 0.2) is 36.4 Å². The van der Waals surface area contributed by atoms with Crippen LogP contribution in [-0.2, 0) is 9.84 Å². The maximum atomic E-state index is 15.1. The highest BCUT2D eigenvalue weighted by Crippen LogP contribution is 2.41. The first kappa shape index (κ1) is 32.5. The fourth-order valence-corrected chi connectivity index (χ4v) is 6.10. The smallest absolute Gasteiger partial charge is 0.294 e. The average molecular weight is 624 g/mol. The number of carbonyl (C=O) groups is 1. The third kappa shape index (κ3) is 9.17. The zero-order valence-electron chi connectivity index (χ0n) is 20.3. The summed E-state index contributed by atoms with van der Waals surface area (Å²) >= 11 is 17.8. The molecule has 0 spiro atoms. The number of alkyl halides is 5. The van der Waals surface area contributed by atoms with Crippen molar-refractivity contribution in [3.05, 3.63) is 73.7 Å². The molecular formula is C25H23Cl3F6O3S. The summed E-state index contributed by atoms with van der Waals surface area (Å²) in [7, 11) is -4.47. The summed E-state index contributed by atoms with van der Waals surface area (Å²) in [5.74, 6) is -10.5. The van der Waals surface area contributed by atoms with Gasteiger partial charge in [0.25, 0.3) is 5.92 Å². The number of Topliss-reactive ketones (excluding diaryl/α,β-unsaturated/α-hetero) is 1. The second-order valence-electron chi connectivity index (χ2n) is 9.18. The Kier molecular flexibility index (Phi) is 10.4. The fraction of sp³-hybridized carbons (Fsp3) is 0.400. The molecule has 2 aromatic rings. The lowest BCUT2D eigenvalue weighted by molar-refractivity contribution is -0.106. The Morgan fingerprint density at radius 2 is 1.58 bits per heavy atom. The first-order valence-electron chi connectivity index (χ1n) is 11.0. The first-order valence-corrected chi connectivity index (χ1v) is 14.0. The summed E-state index contributed by atoms with van der Waals surface area (Å²) in [6.45, 7) is 3.39. The molecule has 2 rings (SSSR count). The van der Waals surface area contributed by atoms with E-state index >= 15 is 4.39 Å². The lowest BCUT2D eigenvalue weighted by Crippen LogP contribution is -2.28. The topological polar surface area (TPSA) is 51.2 Å². The van der Waals surface area contributed by atoms with Crippen LogP contribution in [0.1, 0.15) is 53.2 Å². The number of carbonyl (C=O) groups excluding carboxylic acids is 1. The molecule has 0 saturated carbocycles. The van der Waals surface area contributed by atoms with E-state index in [4.69, 9.17) is 34.8 Å². The Morgan fingerprint density at radius 1 is 1.03 bits per heavy atom. The standard InChI is InChI=1S/C25H23Cl3F6O3S/c1-13(11-38(36,37)12-25(32,33)34)6-22(35)17-5-4-15(7-14(17)2)21(29)10-18(24(3,30)31)16-8-19(26)23(28)20(27)9-16/h4-5,7-10,13,18H,6,11-12H2,1-3H3/b21-10-/t13-,18?/m0/s1. The van der Waals surface area contributed by atoms with Crippen LogP contribution in [-0.4, -0.2) is 37.8 Å². The SMILES string of the molecule is Cc1cc(/C(F)=C/C(c2cc(Cl)c(Cl)c(Cl)c2)C(C)(F)F)ccc1C(=O)C[C@H](C)CS(=O)(=O)CC(F)(F)F. The van der Waals surface area contributed by atoms with Gasteiger partial charge in [0.15, 0.2) is 15.6 Å². The lowest BCUT2D eigenvalue weighted by atomic mass is 9.91. The summed E-state index contributed by atoms with van der Waals surface area (Å²) in [5, 5.41) is -0.212. The zero-order chi connectivity index (χ0) is 29.2. The maximum Gasteiger partial charge on any atom is 0.402 e. The predicted octanol–water partition coefficient (Wildman–Crippen LogP) is 8.89. The van der Waals surface area contributed by atoms with E-state index < -0.39 is 56.9 Å². The van der Waals surface area contributed by atoms with Crippen molar-refractivity contribution in [1.29, 1.82) is 0 Å². The van der Waals surface area contributed by atoms with Gasteiger partial charge in [-0.15, -0.1) is 0 Å². The summed E-state index contributed by atoms with van der Waals surface area (Å²) in [6, 6.07) is 5.99. The summed E-state index contributed by atoms with van der Waals surface area (Å²) in [5.41, 5.74) is 0.166. The third-order valence-corrected chi connectivity index (χ3v) is 8.52. The van der Waals surface area contributed by atoms with Crippen LogP contribution in [0.2, 0.25) is 15.1 Å². The molecule has 2 atom stereocenters. The highest BCUT2D eigenvalue weighted by molar-refractivity contribution is 7.91. The fourth-order valence-electron chi connectivity index (χ4n) is 3.88. The van der Waals surface area contributed by atoms with Crippen LogP contribution in [0.5, 0.6) is 0 Å². The molecular weight excluding hydrogens is 601 g/mol. The predicted molar refractivity (Wildman–Crippen MR) is 138 cm³/mol. The molecule has 0 aromatic heterocycles. The van der Waals surface area contributed by atoms with Crippen molar-refractivity contribution in [2.45, 2.75) is 45.2 Å². The van der Waals surface area contributed by atoms with Crippen molar-refractivity contribution in [2.75, 3.05) is 11.5 Å². The Morgan fingerprint density at radius 3 is 2.05 bits per heavy atom. The number of sulfone groups is 1. The second-order valence-corrected chi connectivity index (χ2v) is 12.5. The molecule has 0 N–H and O–H groups in total. The van der Waals surface area contributed by atoms with Crippen molar-refractivity contribution < 1.29 is 39.6 Å². The van der Waals surface area contributed by atoms with Gasteiger partial charge >= 0.3 is 6.18 Å². The highest BCUT2D eigenvalue weighted by atomic mass is 35.5. The monoisotopic (exact) mass is 622 g/mol. The van der Waals surface area contributed by atoms with Gasteiger partial charge in [0.1, 0.15) is 11.6 Å². The minimum atomic E-state index is -4.89. The molecule has 0 fully saturated rings. The quantitative estimate of drug-likeness (QED) is 0.151. The second kappa shape index (κ2) is 12.2. The minimum Gasteiger partial charge on any atom is -0.294 e. The molecule has 1 unspecified atom stereocenters. The highest BCUT2D eigenvalue weighted by Gasteiger charge is 2.36. The van der Waals surface area contributed by atoms with E-state index in [1.807, 2.05) is 0 Å². The molecule has 0 saturated heterocycles. The van der Waals surface area contributed by atoms with Gasteiger partial charge < -0.3 is 0 Å². The van der Waals surface area contributed by atoms with Gasteiger partial charge in [-0.25, -0.2) is 21.6 Å². The van der Waals surface area contributed by atoms with E-state index in [0.717, 1.165) is 12.1 Å². The Hall–Kier alpha value is -1.75. The largest absolute Gasteiger partial charge is 0.402 e. The normalized spacial score (nSPS) is 14.9. The van der Waals surface area contributed by atoms with Crippen LogP contribution in [0.25, 0.3) is 5.83 Å². The van der Waals surface area contributed by atoms with Gasteiger partial charge in [0.05, 0.1) is 26.7 Å². The molecule has 0 heterocycles. The molecule has 0 aliphatic heterocycles. The van der Waals surface area contributed by atoms with Crippen LogP contribution < -0.4 is 0 Å². The Balaban J connectivity index is 2.28. The molecule has 0 aliphatic carbocycles. The number of benzene rings is 2. The molecule has 13 heteroatoms. The summed E-state index contributed by atoms with van der Waals surface area (Å²) < 4.78 is 105. The van der Waals surface area contributed by atoms with Gasteiger partial charge in [0, 0.05) is 24.5 Å². The van der Waals surface area contributed by atoms with E-state index in [2.05, 4.69) is 0 Å². The van der Waals surface area contributed by atoms with Gasteiger partial charge in [-0.05, 0) is 48.2 Å². The van der Waals surface area contributed by atoms with Crippen molar-refractivity contribution in [2.24, 2.45) is 5.92 Å². The van der Waals surface area contributed by atoms with Crippen LogP contribution in [0, 0.1) is 12.8 Å². The van der Waals surface area contributed by atoms with E-state index in [1.165, 1.54) is 32.0 Å². The van der Waals surface area contributed by atoms with Gasteiger partial charge in [-0.2, -0.15) is 13.2 Å². The van der Waals surface area contributed by atoms with Crippen LogP contribution in [0.3, 0.4) is 0 Å². The first-order chi connectivity index (χ1) is 17.2. The molecule has 0 bridgehead atoms. The number of allylic oxidation sites excluding steroid dienone is 1. The molecule has 0 aliphatic rings. The number of hydrogen-bond donors (Lipinski definition) is 0. The van der Waals surface area contributed by atoms with Crippen LogP contribution in [0.4, 0.5) is 26.3 Å². The van der Waals surface area contributed by atoms with E-state index in [-0.39, 0.29) is 43.7 Å². The average Bonchev–Trinajstić information content (AvgIpc) is 2.71. The van der Waals surface area contributed by atoms with Crippen molar-refractivity contribution in [3.63, 3.8) is 0 Å². The molecule has 3 nitrogen and oxygen atoms in total. The van der Waals surface area contributed by atoms with E-state index in [1.54, 1.807) is 0 Å². The van der Waals surface area contributed by atoms with Gasteiger partial charge in [0.2, 0.25) is 0 Å². The third-order valence-electron chi connectivity index (χ3n) is 5.48. The van der Waals surface area contributed by atoms with Gasteiger partial charge in [-0.3, -0.25) is 4.79 Å². The number of hydrogen-bond acceptors (Lipinski definition) is 3. The molecule has 210 valence electrons.